The van der Waals surface area contributed by atoms with Gasteiger partial charge in [0.2, 0.25) is 0 Å². The summed E-state index contributed by atoms with van der Waals surface area (Å²) in [5, 5.41) is 0. The second-order valence-electron chi connectivity index (χ2n) is 6.94. The molecule has 0 rings (SSSR count). The average molecular weight is 377 g/mol. The maximum atomic E-state index is 11.3. The van der Waals surface area contributed by atoms with Gasteiger partial charge in [-0.05, 0) is 58.3 Å². The number of methoxy groups -OCH3 is 1. The fourth-order valence-corrected chi connectivity index (χ4v) is 2.79. The molecule has 0 fully saturated rings. The van der Waals surface area contributed by atoms with Crippen LogP contribution in [-0.4, -0.2) is 41.8 Å². The van der Waals surface area contributed by atoms with Gasteiger partial charge in [0, 0.05) is 13.7 Å². The third-order valence-electron chi connectivity index (χ3n) is 4.08. The SMILES string of the molecule is COCOCC[C@H](C)[C@@H](C/C=C(\C)CCC=C(C)C)COS(C)(=O)=O. The summed E-state index contributed by atoms with van der Waals surface area (Å²) in [7, 11) is -1.83. The van der Waals surface area contributed by atoms with Crippen molar-refractivity contribution in [2.24, 2.45) is 11.8 Å². The molecular formula is C19H36O5S. The highest BCUT2D eigenvalue weighted by Crippen LogP contribution is 2.22. The van der Waals surface area contributed by atoms with Crippen LogP contribution in [0.5, 0.6) is 0 Å². The van der Waals surface area contributed by atoms with Gasteiger partial charge in [0.25, 0.3) is 10.1 Å². The zero-order chi connectivity index (χ0) is 19.3. The number of allylic oxidation sites excluding steroid dienone is 4. The highest BCUT2D eigenvalue weighted by atomic mass is 32.2. The zero-order valence-corrected chi connectivity index (χ0v) is 17.5. The van der Waals surface area contributed by atoms with Gasteiger partial charge in [-0.1, -0.05) is 30.2 Å². The van der Waals surface area contributed by atoms with Gasteiger partial charge >= 0.3 is 0 Å². The van der Waals surface area contributed by atoms with E-state index in [0.29, 0.717) is 12.5 Å². The Balaban J connectivity index is 4.62. The van der Waals surface area contributed by atoms with E-state index in [4.69, 9.17) is 13.7 Å². The fourth-order valence-electron chi connectivity index (χ4n) is 2.37. The Bertz CT molecular complexity index is 504. The highest BCUT2D eigenvalue weighted by Gasteiger charge is 2.19. The largest absolute Gasteiger partial charge is 0.359 e. The summed E-state index contributed by atoms with van der Waals surface area (Å²) in [6, 6.07) is 0. The molecular weight excluding hydrogens is 340 g/mol. The van der Waals surface area contributed by atoms with Gasteiger partial charge in [-0.25, -0.2) is 0 Å². The minimum Gasteiger partial charge on any atom is -0.359 e. The summed E-state index contributed by atoms with van der Waals surface area (Å²) in [5.74, 6) is 0.430. The summed E-state index contributed by atoms with van der Waals surface area (Å²) >= 11 is 0. The number of rotatable bonds is 14. The van der Waals surface area contributed by atoms with Crippen molar-refractivity contribution in [1.82, 2.24) is 0 Å². The van der Waals surface area contributed by atoms with E-state index in [9.17, 15) is 8.42 Å². The maximum absolute atomic E-state index is 11.3. The van der Waals surface area contributed by atoms with Crippen LogP contribution in [0.15, 0.2) is 23.3 Å². The zero-order valence-electron chi connectivity index (χ0n) is 16.7. The summed E-state index contributed by atoms with van der Waals surface area (Å²) < 4.78 is 37.9. The number of ether oxygens (including phenoxy) is 2. The normalized spacial score (nSPS) is 15.0. The lowest BCUT2D eigenvalue weighted by atomic mass is 9.88. The molecule has 5 nitrogen and oxygen atoms in total. The first-order valence-electron chi connectivity index (χ1n) is 8.85. The fraction of sp³-hybridized carbons (Fsp3) is 0.789. The van der Waals surface area contributed by atoms with Crippen molar-refractivity contribution in [3.05, 3.63) is 23.3 Å². The van der Waals surface area contributed by atoms with Gasteiger partial charge < -0.3 is 9.47 Å². The molecule has 0 amide bonds. The smallest absolute Gasteiger partial charge is 0.264 e. The van der Waals surface area contributed by atoms with Crippen LogP contribution in [0.1, 0.15) is 53.4 Å². The third kappa shape index (κ3) is 15.3. The van der Waals surface area contributed by atoms with Gasteiger partial charge in [-0.15, -0.1) is 0 Å². The molecule has 0 unspecified atom stereocenters. The predicted octanol–water partition coefficient (Wildman–Crippen LogP) is 4.31. The first-order valence-corrected chi connectivity index (χ1v) is 10.7. The molecule has 6 heteroatoms. The van der Waals surface area contributed by atoms with Gasteiger partial charge in [0.05, 0.1) is 12.9 Å². The molecule has 0 heterocycles. The van der Waals surface area contributed by atoms with Crippen molar-refractivity contribution in [2.75, 3.05) is 33.4 Å². The third-order valence-corrected chi connectivity index (χ3v) is 4.64. The van der Waals surface area contributed by atoms with E-state index in [1.165, 1.54) is 11.1 Å². The molecule has 0 aliphatic rings. The van der Waals surface area contributed by atoms with E-state index in [1.807, 2.05) is 0 Å². The standard InChI is InChI=1S/C19H36O5S/c1-16(2)8-7-9-17(3)10-11-19(14-24-25(6,20)21)18(4)12-13-23-15-22-5/h8,10,18-19H,7,9,11-15H2,1-6H3/b17-10+/t18-,19-/m0/s1. The molecule has 0 aliphatic carbocycles. The van der Waals surface area contributed by atoms with Crippen LogP contribution in [0.3, 0.4) is 0 Å². The summed E-state index contributed by atoms with van der Waals surface area (Å²) in [6.45, 7) is 9.52. The number of hydrogen-bond donors (Lipinski definition) is 0. The van der Waals surface area contributed by atoms with Gasteiger partial charge in [0.1, 0.15) is 6.79 Å². The van der Waals surface area contributed by atoms with Crippen LogP contribution in [0.2, 0.25) is 0 Å². The molecule has 0 saturated heterocycles. The van der Waals surface area contributed by atoms with Gasteiger partial charge in [0.15, 0.2) is 0 Å². The van der Waals surface area contributed by atoms with E-state index < -0.39 is 10.1 Å². The Morgan fingerprint density at radius 1 is 1.16 bits per heavy atom. The molecule has 0 aliphatic heterocycles. The molecule has 0 radical (unpaired) electrons. The molecule has 2 atom stereocenters. The molecule has 0 saturated carbocycles. The summed E-state index contributed by atoms with van der Waals surface area (Å²) in [4.78, 5) is 0. The Morgan fingerprint density at radius 2 is 1.84 bits per heavy atom. The van der Waals surface area contributed by atoms with E-state index in [2.05, 4.69) is 39.8 Å². The maximum Gasteiger partial charge on any atom is 0.264 e. The van der Waals surface area contributed by atoms with Crippen LogP contribution >= 0.6 is 0 Å². The molecule has 25 heavy (non-hydrogen) atoms. The molecule has 0 aromatic heterocycles. The minimum atomic E-state index is -3.42. The lowest BCUT2D eigenvalue weighted by molar-refractivity contribution is -0.0361. The Labute approximate surface area is 154 Å². The van der Waals surface area contributed by atoms with Crippen molar-refractivity contribution in [1.29, 1.82) is 0 Å². The predicted molar refractivity (Wildman–Crippen MR) is 103 cm³/mol. The Hall–Kier alpha value is -0.690. The Kier molecular flexibility index (Phi) is 13.1. The summed E-state index contributed by atoms with van der Waals surface area (Å²) in [6.07, 6.45) is 9.25. The lowest BCUT2D eigenvalue weighted by Crippen LogP contribution is -2.21. The van der Waals surface area contributed by atoms with E-state index in [0.717, 1.165) is 31.9 Å². The van der Waals surface area contributed by atoms with Crippen molar-refractivity contribution in [2.45, 2.75) is 53.4 Å². The molecule has 0 N–H and O–H groups in total. The van der Waals surface area contributed by atoms with Crippen LogP contribution in [-0.2, 0) is 23.8 Å². The van der Waals surface area contributed by atoms with Crippen LogP contribution in [0, 0.1) is 11.8 Å². The van der Waals surface area contributed by atoms with E-state index in [-0.39, 0.29) is 19.3 Å². The monoisotopic (exact) mass is 376 g/mol. The molecule has 0 aromatic carbocycles. The number of hydrogen-bond acceptors (Lipinski definition) is 5. The van der Waals surface area contributed by atoms with E-state index in [1.54, 1.807) is 7.11 Å². The molecule has 0 bridgehead atoms. The highest BCUT2D eigenvalue weighted by molar-refractivity contribution is 7.85. The Morgan fingerprint density at radius 3 is 2.40 bits per heavy atom. The first-order chi connectivity index (χ1) is 11.7. The molecule has 0 aromatic rings. The van der Waals surface area contributed by atoms with Gasteiger partial charge in [-0.2, -0.15) is 8.42 Å². The van der Waals surface area contributed by atoms with Crippen molar-refractivity contribution in [3.8, 4) is 0 Å². The van der Waals surface area contributed by atoms with Crippen LogP contribution in [0.25, 0.3) is 0 Å². The topological polar surface area (TPSA) is 61.8 Å². The van der Waals surface area contributed by atoms with Crippen molar-refractivity contribution < 1.29 is 22.1 Å². The van der Waals surface area contributed by atoms with E-state index >= 15 is 0 Å². The first kappa shape index (κ1) is 24.3. The second-order valence-corrected chi connectivity index (χ2v) is 8.58. The van der Waals surface area contributed by atoms with Crippen LogP contribution < -0.4 is 0 Å². The van der Waals surface area contributed by atoms with Gasteiger partial charge in [-0.3, -0.25) is 4.18 Å². The molecule has 0 spiro atoms. The quantitative estimate of drug-likeness (QED) is 0.196. The summed E-state index contributed by atoms with van der Waals surface area (Å²) in [5.41, 5.74) is 2.65. The van der Waals surface area contributed by atoms with Crippen molar-refractivity contribution in [3.63, 3.8) is 0 Å². The minimum absolute atomic E-state index is 0.138. The van der Waals surface area contributed by atoms with Crippen molar-refractivity contribution >= 4 is 10.1 Å². The lowest BCUT2D eigenvalue weighted by Gasteiger charge is -2.22. The average Bonchev–Trinajstić information content (AvgIpc) is 2.50. The molecule has 148 valence electrons. The van der Waals surface area contributed by atoms with Crippen LogP contribution in [0.4, 0.5) is 0 Å². The second kappa shape index (κ2) is 13.5.